The molecule has 0 aliphatic carbocycles. The molecule has 0 spiro atoms. The molecule has 2 rings (SSSR count). The summed E-state index contributed by atoms with van der Waals surface area (Å²) in [5, 5.41) is 0. The van der Waals surface area contributed by atoms with Crippen LogP contribution in [0.3, 0.4) is 0 Å². The van der Waals surface area contributed by atoms with Crippen molar-refractivity contribution in [2.24, 2.45) is 0 Å². The first-order chi connectivity index (χ1) is 8.87. The van der Waals surface area contributed by atoms with Crippen molar-refractivity contribution < 1.29 is 14.3 Å². The molecular formula is C13H19N3O3. The number of piperidine rings is 1. The molecule has 6 nitrogen and oxygen atoms in total. The summed E-state index contributed by atoms with van der Waals surface area (Å²) in [6.07, 6.45) is 4.94. The van der Waals surface area contributed by atoms with Crippen LogP contribution in [0.2, 0.25) is 0 Å². The average Bonchev–Trinajstić information content (AvgIpc) is 2.80. The van der Waals surface area contributed by atoms with Crippen LogP contribution in [-0.2, 0) is 9.53 Å². The van der Waals surface area contributed by atoms with Gasteiger partial charge in [-0.25, -0.2) is 9.78 Å². The molecule has 0 radical (unpaired) electrons. The largest absolute Gasteiger partial charge is 0.444 e. The molecule has 1 aliphatic rings. The molecular weight excluding hydrogens is 246 g/mol. The van der Waals surface area contributed by atoms with E-state index in [0.717, 1.165) is 0 Å². The SMILES string of the molecule is CC(C)(C)OC(=O)N1CCC(=O)C(n2ccnc2)C1. The predicted octanol–water partition coefficient (Wildman–Crippen LogP) is 1.63. The zero-order valence-corrected chi connectivity index (χ0v) is 11.5. The lowest BCUT2D eigenvalue weighted by Crippen LogP contribution is -2.46. The van der Waals surface area contributed by atoms with E-state index in [-0.39, 0.29) is 17.9 Å². The number of carbonyl (C=O) groups is 2. The first kappa shape index (κ1) is 13.6. The predicted molar refractivity (Wildman–Crippen MR) is 68.7 cm³/mol. The number of hydrogen-bond acceptors (Lipinski definition) is 4. The van der Waals surface area contributed by atoms with Gasteiger partial charge in [0.15, 0.2) is 5.78 Å². The number of ketones is 1. The molecule has 1 amide bonds. The summed E-state index contributed by atoms with van der Waals surface area (Å²) in [5.41, 5.74) is -0.525. The lowest BCUT2D eigenvalue weighted by Gasteiger charge is -2.33. The highest BCUT2D eigenvalue weighted by molar-refractivity contribution is 5.85. The number of carbonyl (C=O) groups excluding carboxylic acids is 2. The molecule has 6 heteroatoms. The van der Waals surface area contributed by atoms with Crippen LogP contribution in [0.15, 0.2) is 18.7 Å². The first-order valence-electron chi connectivity index (χ1n) is 6.35. The zero-order chi connectivity index (χ0) is 14.0. The van der Waals surface area contributed by atoms with Crippen LogP contribution in [-0.4, -0.2) is 45.0 Å². The maximum atomic E-state index is 12.0. The maximum Gasteiger partial charge on any atom is 0.410 e. The average molecular weight is 265 g/mol. The molecule has 0 aromatic carbocycles. The van der Waals surface area contributed by atoms with Gasteiger partial charge >= 0.3 is 6.09 Å². The number of hydrogen-bond donors (Lipinski definition) is 0. The Morgan fingerprint density at radius 1 is 1.47 bits per heavy atom. The molecule has 1 saturated heterocycles. The van der Waals surface area contributed by atoms with E-state index in [1.165, 1.54) is 0 Å². The Hall–Kier alpha value is -1.85. The van der Waals surface area contributed by atoms with E-state index in [1.807, 2.05) is 20.8 Å². The number of Topliss-reactive ketones (excluding diaryl/α,β-unsaturated/α-hetero) is 1. The quantitative estimate of drug-likeness (QED) is 0.774. The minimum absolute atomic E-state index is 0.123. The second-order valence-electron chi connectivity index (χ2n) is 5.67. The molecule has 1 atom stereocenters. The van der Waals surface area contributed by atoms with Gasteiger partial charge in [0, 0.05) is 25.4 Å². The van der Waals surface area contributed by atoms with Gasteiger partial charge in [-0.2, -0.15) is 0 Å². The van der Waals surface area contributed by atoms with Crippen LogP contribution in [0.25, 0.3) is 0 Å². The third kappa shape index (κ3) is 3.33. The van der Waals surface area contributed by atoms with E-state index >= 15 is 0 Å². The third-order valence-electron chi connectivity index (χ3n) is 2.93. The van der Waals surface area contributed by atoms with Gasteiger partial charge in [-0.15, -0.1) is 0 Å². The van der Waals surface area contributed by atoms with Crippen molar-refractivity contribution in [2.75, 3.05) is 13.1 Å². The van der Waals surface area contributed by atoms with Gasteiger partial charge in [-0.3, -0.25) is 4.79 Å². The van der Waals surface area contributed by atoms with Crippen molar-refractivity contribution in [3.8, 4) is 0 Å². The molecule has 19 heavy (non-hydrogen) atoms. The highest BCUT2D eigenvalue weighted by atomic mass is 16.6. The maximum absolute atomic E-state index is 12.0. The zero-order valence-electron chi connectivity index (χ0n) is 11.5. The fraction of sp³-hybridized carbons (Fsp3) is 0.615. The Morgan fingerprint density at radius 2 is 2.21 bits per heavy atom. The number of likely N-dealkylation sites (tertiary alicyclic amines) is 1. The van der Waals surface area contributed by atoms with E-state index in [1.54, 1.807) is 28.2 Å². The minimum Gasteiger partial charge on any atom is -0.444 e. The normalized spacial score (nSPS) is 20.5. The van der Waals surface area contributed by atoms with Crippen molar-refractivity contribution in [1.29, 1.82) is 0 Å². The molecule has 104 valence electrons. The van der Waals surface area contributed by atoms with Crippen molar-refractivity contribution in [2.45, 2.75) is 38.8 Å². The van der Waals surface area contributed by atoms with Gasteiger partial charge in [0.2, 0.25) is 0 Å². The topological polar surface area (TPSA) is 64.4 Å². The molecule has 1 aromatic rings. The van der Waals surface area contributed by atoms with Crippen molar-refractivity contribution in [3.05, 3.63) is 18.7 Å². The van der Waals surface area contributed by atoms with Gasteiger partial charge in [-0.1, -0.05) is 0 Å². The van der Waals surface area contributed by atoms with E-state index in [9.17, 15) is 9.59 Å². The Kier molecular flexibility index (Phi) is 3.59. The summed E-state index contributed by atoms with van der Waals surface area (Å²) in [6, 6.07) is -0.358. The minimum atomic E-state index is -0.525. The Balaban J connectivity index is 2.05. The monoisotopic (exact) mass is 265 g/mol. The Labute approximate surface area is 112 Å². The summed E-state index contributed by atoms with van der Waals surface area (Å²) in [7, 11) is 0. The van der Waals surface area contributed by atoms with Gasteiger partial charge in [0.25, 0.3) is 0 Å². The van der Waals surface area contributed by atoms with Gasteiger partial charge < -0.3 is 14.2 Å². The lowest BCUT2D eigenvalue weighted by atomic mass is 10.0. The van der Waals surface area contributed by atoms with Gasteiger partial charge in [0.05, 0.1) is 12.9 Å². The van der Waals surface area contributed by atoms with Crippen molar-refractivity contribution >= 4 is 11.9 Å². The van der Waals surface area contributed by atoms with Crippen LogP contribution >= 0.6 is 0 Å². The molecule has 1 fully saturated rings. The van der Waals surface area contributed by atoms with Crippen LogP contribution in [0.1, 0.15) is 33.2 Å². The summed E-state index contributed by atoms with van der Waals surface area (Å²) >= 11 is 0. The third-order valence-corrected chi connectivity index (χ3v) is 2.93. The highest BCUT2D eigenvalue weighted by Gasteiger charge is 2.32. The highest BCUT2D eigenvalue weighted by Crippen LogP contribution is 2.20. The molecule has 1 unspecified atom stereocenters. The first-order valence-corrected chi connectivity index (χ1v) is 6.35. The number of rotatable bonds is 1. The van der Waals surface area contributed by atoms with E-state index in [2.05, 4.69) is 4.98 Å². The number of nitrogens with zero attached hydrogens (tertiary/aromatic N) is 3. The standard InChI is InChI=1S/C13H19N3O3/c1-13(2,3)19-12(18)15-6-4-11(17)10(8-15)16-7-5-14-9-16/h5,7,9-10H,4,6,8H2,1-3H3. The van der Waals surface area contributed by atoms with Crippen LogP contribution in [0, 0.1) is 0 Å². The number of amides is 1. The molecule has 2 heterocycles. The van der Waals surface area contributed by atoms with Gasteiger partial charge in [-0.05, 0) is 20.8 Å². The van der Waals surface area contributed by atoms with E-state index in [0.29, 0.717) is 19.5 Å². The fourth-order valence-corrected chi connectivity index (χ4v) is 2.02. The summed E-state index contributed by atoms with van der Waals surface area (Å²) < 4.78 is 7.06. The fourth-order valence-electron chi connectivity index (χ4n) is 2.02. The van der Waals surface area contributed by atoms with Crippen molar-refractivity contribution in [1.82, 2.24) is 14.5 Å². The lowest BCUT2D eigenvalue weighted by molar-refractivity contribution is -0.125. The number of aromatic nitrogens is 2. The molecule has 1 aliphatic heterocycles. The molecule has 0 bridgehead atoms. The van der Waals surface area contributed by atoms with Crippen molar-refractivity contribution in [3.63, 3.8) is 0 Å². The molecule has 0 N–H and O–H groups in total. The van der Waals surface area contributed by atoms with Gasteiger partial charge in [0.1, 0.15) is 11.6 Å². The van der Waals surface area contributed by atoms with E-state index in [4.69, 9.17) is 4.74 Å². The number of imidazole rings is 1. The van der Waals surface area contributed by atoms with Crippen LogP contribution < -0.4 is 0 Å². The molecule has 1 aromatic heterocycles. The Bertz CT molecular complexity index is 462. The summed E-state index contributed by atoms with van der Waals surface area (Å²) in [4.78, 5) is 29.4. The van der Waals surface area contributed by atoms with Crippen LogP contribution in [0.5, 0.6) is 0 Å². The summed E-state index contributed by atoms with van der Waals surface area (Å²) in [5.74, 6) is 0.123. The molecule has 0 saturated carbocycles. The summed E-state index contributed by atoms with van der Waals surface area (Å²) in [6.45, 7) is 6.23. The Morgan fingerprint density at radius 3 is 2.79 bits per heavy atom. The van der Waals surface area contributed by atoms with E-state index < -0.39 is 5.60 Å². The second-order valence-corrected chi connectivity index (χ2v) is 5.67. The second kappa shape index (κ2) is 5.03. The van der Waals surface area contributed by atoms with Crippen LogP contribution in [0.4, 0.5) is 4.79 Å². The number of ether oxygens (including phenoxy) is 1. The smallest absolute Gasteiger partial charge is 0.410 e.